The topological polar surface area (TPSA) is 20.3 Å². The summed E-state index contributed by atoms with van der Waals surface area (Å²) in [6, 6.07) is 9.81. The molecule has 1 aliphatic heterocycles. The van der Waals surface area contributed by atoms with Crippen LogP contribution in [0.1, 0.15) is 43.5 Å². The molecule has 0 spiro atoms. The molecule has 0 radical (unpaired) electrons. The van der Waals surface area contributed by atoms with Gasteiger partial charge in [0.15, 0.2) is 5.78 Å². The molecule has 0 bridgehead atoms. The maximum Gasteiger partial charge on any atom is 0.179 e. The monoisotopic (exact) mass is 245 g/mol. The van der Waals surface area contributed by atoms with E-state index in [1.807, 2.05) is 30.3 Å². The summed E-state index contributed by atoms with van der Waals surface area (Å²) in [5, 5.41) is 0. The minimum absolute atomic E-state index is 0.0786. The van der Waals surface area contributed by atoms with Crippen molar-refractivity contribution in [2.75, 3.05) is 13.1 Å². The van der Waals surface area contributed by atoms with Crippen LogP contribution in [0.25, 0.3) is 0 Å². The van der Waals surface area contributed by atoms with Gasteiger partial charge in [-0.2, -0.15) is 0 Å². The molecule has 2 nitrogen and oxygen atoms in total. The molecule has 98 valence electrons. The van der Waals surface area contributed by atoms with Crippen molar-refractivity contribution in [3.63, 3.8) is 0 Å². The molecule has 1 saturated heterocycles. The zero-order chi connectivity index (χ0) is 13.0. The van der Waals surface area contributed by atoms with Crippen LogP contribution in [0.2, 0.25) is 0 Å². The van der Waals surface area contributed by atoms with Gasteiger partial charge in [-0.25, -0.2) is 0 Å². The average molecular weight is 245 g/mol. The normalized spacial score (nSPS) is 18.2. The lowest BCUT2D eigenvalue weighted by Crippen LogP contribution is -2.40. The van der Waals surface area contributed by atoms with Gasteiger partial charge in [-0.3, -0.25) is 9.69 Å². The smallest absolute Gasteiger partial charge is 0.179 e. The van der Waals surface area contributed by atoms with E-state index in [4.69, 9.17) is 0 Å². The highest BCUT2D eigenvalue weighted by molar-refractivity contribution is 6.00. The van der Waals surface area contributed by atoms with Crippen molar-refractivity contribution in [1.82, 2.24) is 4.90 Å². The van der Waals surface area contributed by atoms with E-state index in [0.29, 0.717) is 11.7 Å². The minimum atomic E-state index is 0.0786. The summed E-state index contributed by atoms with van der Waals surface area (Å²) in [5.41, 5.74) is 0.857. The molecule has 0 aromatic heterocycles. The Morgan fingerprint density at radius 1 is 1.17 bits per heavy atom. The molecule has 1 atom stereocenters. The molecule has 18 heavy (non-hydrogen) atoms. The van der Waals surface area contributed by atoms with Gasteiger partial charge < -0.3 is 0 Å². The third-order valence-corrected chi connectivity index (χ3v) is 3.64. The van der Waals surface area contributed by atoms with Gasteiger partial charge in [0.1, 0.15) is 0 Å². The second-order valence-corrected chi connectivity index (χ2v) is 5.62. The molecule has 1 unspecified atom stereocenters. The lowest BCUT2D eigenvalue weighted by molar-refractivity contribution is 0.0822. The Kier molecular flexibility index (Phi) is 4.54. The van der Waals surface area contributed by atoms with Gasteiger partial charge in [-0.05, 0) is 38.3 Å². The van der Waals surface area contributed by atoms with Crippen molar-refractivity contribution in [1.29, 1.82) is 0 Å². The number of carbonyl (C=O) groups excluding carboxylic acids is 1. The van der Waals surface area contributed by atoms with Crippen LogP contribution >= 0.6 is 0 Å². The van der Waals surface area contributed by atoms with Crippen LogP contribution in [0.3, 0.4) is 0 Å². The van der Waals surface area contributed by atoms with Gasteiger partial charge in [-0.15, -0.1) is 0 Å². The Morgan fingerprint density at radius 3 is 2.33 bits per heavy atom. The number of nitrogens with zero attached hydrogens (tertiary/aromatic N) is 1. The van der Waals surface area contributed by atoms with Crippen LogP contribution in [0.15, 0.2) is 30.3 Å². The van der Waals surface area contributed by atoms with Crippen LogP contribution in [-0.4, -0.2) is 29.8 Å². The van der Waals surface area contributed by atoms with E-state index in [1.165, 1.54) is 12.8 Å². The highest BCUT2D eigenvalue weighted by Crippen LogP contribution is 2.21. The summed E-state index contributed by atoms with van der Waals surface area (Å²) < 4.78 is 0. The molecule has 1 aromatic carbocycles. The molecule has 1 fully saturated rings. The van der Waals surface area contributed by atoms with Crippen LogP contribution in [0, 0.1) is 5.92 Å². The summed E-state index contributed by atoms with van der Waals surface area (Å²) in [5.74, 6) is 0.856. The van der Waals surface area contributed by atoms with Gasteiger partial charge in [-0.1, -0.05) is 44.2 Å². The highest BCUT2D eigenvalue weighted by Gasteiger charge is 2.29. The Labute approximate surface area is 110 Å². The largest absolute Gasteiger partial charge is 0.293 e. The molecule has 0 aliphatic carbocycles. The fourth-order valence-corrected chi connectivity index (χ4v) is 2.72. The van der Waals surface area contributed by atoms with Crippen molar-refractivity contribution in [2.45, 2.75) is 39.2 Å². The summed E-state index contributed by atoms with van der Waals surface area (Å²) in [6.45, 7) is 6.55. The summed E-state index contributed by atoms with van der Waals surface area (Å²) >= 11 is 0. The quantitative estimate of drug-likeness (QED) is 0.741. The zero-order valence-corrected chi connectivity index (χ0v) is 11.4. The average Bonchev–Trinajstić information content (AvgIpc) is 2.89. The Hall–Kier alpha value is -1.15. The SMILES string of the molecule is CC(C)CC(C(=O)c1ccccc1)N1CCCC1. The van der Waals surface area contributed by atoms with E-state index in [-0.39, 0.29) is 6.04 Å². The van der Waals surface area contributed by atoms with E-state index in [1.54, 1.807) is 0 Å². The second-order valence-electron chi connectivity index (χ2n) is 5.62. The number of Topliss-reactive ketones (excluding diaryl/α,β-unsaturated/α-hetero) is 1. The van der Waals surface area contributed by atoms with Crippen molar-refractivity contribution in [3.8, 4) is 0 Å². The lowest BCUT2D eigenvalue weighted by Gasteiger charge is -2.27. The maximum absolute atomic E-state index is 12.6. The number of likely N-dealkylation sites (tertiary alicyclic amines) is 1. The number of hydrogen-bond acceptors (Lipinski definition) is 2. The maximum atomic E-state index is 12.6. The summed E-state index contributed by atoms with van der Waals surface area (Å²) in [6.07, 6.45) is 3.43. The Balaban J connectivity index is 2.15. The van der Waals surface area contributed by atoms with Crippen LogP contribution < -0.4 is 0 Å². The van der Waals surface area contributed by atoms with Gasteiger partial charge in [0.25, 0.3) is 0 Å². The molecule has 0 N–H and O–H groups in total. The first-order valence-corrected chi connectivity index (χ1v) is 7.02. The molecular formula is C16H23NO. The fraction of sp³-hybridized carbons (Fsp3) is 0.562. The molecule has 2 rings (SSSR count). The molecule has 1 heterocycles. The standard InChI is InChI=1S/C16H23NO/c1-13(2)12-15(17-10-6-7-11-17)16(18)14-8-4-3-5-9-14/h3-5,8-9,13,15H,6-7,10-12H2,1-2H3. The van der Waals surface area contributed by atoms with Gasteiger partial charge >= 0.3 is 0 Å². The molecule has 1 aromatic rings. The highest BCUT2D eigenvalue weighted by atomic mass is 16.1. The molecule has 0 amide bonds. The first-order valence-electron chi connectivity index (χ1n) is 7.02. The third kappa shape index (κ3) is 3.20. The number of ketones is 1. The summed E-state index contributed by atoms with van der Waals surface area (Å²) in [4.78, 5) is 15.0. The van der Waals surface area contributed by atoms with Crippen molar-refractivity contribution in [3.05, 3.63) is 35.9 Å². The van der Waals surface area contributed by atoms with Crippen molar-refractivity contribution in [2.24, 2.45) is 5.92 Å². The van der Waals surface area contributed by atoms with E-state index in [2.05, 4.69) is 18.7 Å². The predicted molar refractivity (Wildman–Crippen MR) is 74.8 cm³/mol. The van der Waals surface area contributed by atoms with Crippen LogP contribution in [-0.2, 0) is 0 Å². The lowest BCUT2D eigenvalue weighted by atomic mass is 9.95. The third-order valence-electron chi connectivity index (χ3n) is 3.64. The molecule has 2 heteroatoms. The first-order chi connectivity index (χ1) is 8.68. The number of carbonyl (C=O) groups is 1. The molecular weight excluding hydrogens is 222 g/mol. The van der Waals surface area contributed by atoms with Crippen molar-refractivity contribution < 1.29 is 4.79 Å². The van der Waals surface area contributed by atoms with E-state index < -0.39 is 0 Å². The Bertz CT molecular complexity index is 379. The zero-order valence-electron chi connectivity index (χ0n) is 11.4. The van der Waals surface area contributed by atoms with E-state index >= 15 is 0 Å². The first kappa shape index (κ1) is 13.3. The number of hydrogen-bond donors (Lipinski definition) is 0. The second kappa shape index (κ2) is 6.14. The molecule has 0 saturated carbocycles. The summed E-state index contributed by atoms with van der Waals surface area (Å²) in [7, 11) is 0. The van der Waals surface area contributed by atoms with E-state index in [0.717, 1.165) is 25.1 Å². The Morgan fingerprint density at radius 2 is 1.78 bits per heavy atom. The predicted octanol–water partition coefficient (Wildman–Crippen LogP) is 3.38. The van der Waals surface area contributed by atoms with Crippen molar-refractivity contribution >= 4 is 5.78 Å². The minimum Gasteiger partial charge on any atom is -0.293 e. The fourth-order valence-electron chi connectivity index (χ4n) is 2.72. The number of rotatable bonds is 5. The van der Waals surface area contributed by atoms with Gasteiger partial charge in [0.05, 0.1) is 6.04 Å². The van der Waals surface area contributed by atoms with E-state index in [9.17, 15) is 4.79 Å². The molecule has 1 aliphatic rings. The van der Waals surface area contributed by atoms with Crippen LogP contribution in [0.4, 0.5) is 0 Å². The van der Waals surface area contributed by atoms with Crippen LogP contribution in [0.5, 0.6) is 0 Å². The number of benzene rings is 1. The van der Waals surface area contributed by atoms with Gasteiger partial charge in [0, 0.05) is 5.56 Å². The van der Waals surface area contributed by atoms with Gasteiger partial charge in [0.2, 0.25) is 0 Å².